The average molecular weight is 278 g/mol. The van der Waals surface area contributed by atoms with E-state index in [1.54, 1.807) is 11.1 Å². The van der Waals surface area contributed by atoms with Crippen molar-refractivity contribution in [2.24, 2.45) is 5.92 Å². The largest absolute Gasteiger partial charge is 0.298 e. The van der Waals surface area contributed by atoms with Crippen molar-refractivity contribution < 1.29 is 0 Å². The summed E-state index contributed by atoms with van der Waals surface area (Å²) < 4.78 is 0. The molecule has 3 unspecified atom stereocenters. The van der Waals surface area contributed by atoms with Crippen molar-refractivity contribution in [2.75, 3.05) is 19.0 Å². The van der Waals surface area contributed by atoms with Crippen molar-refractivity contribution in [3.05, 3.63) is 35.4 Å². The number of hydrogen-bond acceptors (Lipinski definition) is 1. The Balaban J connectivity index is 1.74. The molecular formula is C17H24ClN. The number of benzene rings is 1. The van der Waals surface area contributed by atoms with Gasteiger partial charge in [-0.1, -0.05) is 31.2 Å². The topological polar surface area (TPSA) is 3.24 Å². The predicted octanol–water partition coefficient (Wildman–Crippen LogP) is 4.06. The van der Waals surface area contributed by atoms with Crippen LogP contribution in [0.5, 0.6) is 0 Å². The lowest BCUT2D eigenvalue weighted by atomic mass is 9.82. The molecule has 1 aromatic rings. The maximum Gasteiger partial charge on any atom is 0.0382 e. The first-order valence-electron chi connectivity index (χ1n) is 7.67. The smallest absolute Gasteiger partial charge is 0.0382 e. The van der Waals surface area contributed by atoms with Gasteiger partial charge in [0.2, 0.25) is 0 Å². The van der Waals surface area contributed by atoms with E-state index in [2.05, 4.69) is 36.1 Å². The number of aryl methyl sites for hydroxylation is 1. The molecule has 0 N–H and O–H groups in total. The highest BCUT2D eigenvalue weighted by molar-refractivity contribution is 6.18. The first-order chi connectivity index (χ1) is 9.29. The third kappa shape index (κ3) is 2.68. The summed E-state index contributed by atoms with van der Waals surface area (Å²) in [6.45, 7) is 4.79. The number of halogens is 1. The van der Waals surface area contributed by atoms with Crippen molar-refractivity contribution in [1.29, 1.82) is 0 Å². The molecule has 1 aliphatic carbocycles. The Morgan fingerprint density at radius 1 is 1.26 bits per heavy atom. The van der Waals surface area contributed by atoms with E-state index < -0.39 is 0 Å². The van der Waals surface area contributed by atoms with Crippen LogP contribution in [0.3, 0.4) is 0 Å². The van der Waals surface area contributed by atoms with Crippen LogP contribution in [0.15, 0.2) is 24.3 Å². The Bertz CT molecular complexity index is 431. The zero-order valence-corrected chi connectivity index (χ0v) is 12.6. The van der Waals surface area contributed by atoms with Crippen molar-refractivity contribution in [3.8, 4) is 0 Å². The lowest BCUT2D eigenvalue weighted by Gasteiger charge is -2.32. The van der Waals surface area contributed by atoms with Gasteiger partial charge in [0.15, 0.2) is 0 Å². The summed E-state index contributed by atoms with van der Waals surface area (Å²) in [5.74, 6) is 2.27. The van der Waals surface area contributed by atoms with Gasteiger partial charge < -0.3 is 0 Å². The molecule has 0 bridgehead atoms. The second-order valence-corrected chi connectivity index (χ2v) is 6.58. The summed E-state index contributed by atoms with van der Waals surface area (Å²) >= 11 is 6.17. The minimum absolute atomic E-state index is 0.593. The number of hydrogen-bond donors (Lipinski definition) is 0. The summed E-state index contributed by atoms with van der Waals surface area (Å²) in [6.07, 6.45) is 5.27. The number of rotatable bonds is 3. The highest BCUT2D eigenvalue weighted by Crippen LogP contribution is 2.34. The van der Waals surface area contributed by atoms with Crippen LogP contribution in [-0.4, -0.2) is 29.9 Å². The summed E-state index contributed by atoms with van der Waals surface area (Å²) in [5, 5.41) is 0. The van der Waals surface area contributed by atoms with Crippen LogP contribution < -0.4 is 0 Å². The summed E-state index contributed by atoms with van der Waals surface area (Å²) in [5.41, 5.74) is 3.18. The molecule has 1 saturated heterocycles. The fourth-order valence-corrected chi connectivity index (χ4v) is 4.39. The highest BCUT2D eigenvalue weighted by Gasteiger charge is 2.32. The molecular weight excluding hydrogens is 254 g/mol. The lowest BCUT2D eigenvalue weighted by Crippen LogP contribution is -2.37. The van der Waals surface area contributed by atoms with E-state index in [1.807, 2.05) is 0 Å². The monoisotopic (exact) mass is 277 g/mol. The number of fused-ring (bicyclic) bond motifs is 1. The van der Waals surface area contributed by atoms with Gasteiger partial charge in [-0.25, -0.2) is 0 Å². The van der Waals surface area contributed by atoms with E-state index in [4.69, 9.17) is 11.6 Å². The quantitative estimate of drug-likeness (QED) is 0.753. The first kappa shape index (κ1) is 13.5. The minimum atomic E-state index is 0.593. The second kappa shape index (κ2) is 5.85. The van der Waals surface area contributed by atoms with Crippen LogP contribution in [0.2, 0.25) is 0 Å². The van der Waals surface area contributed by atoms with E-state index in [0.29, 0.717) is 6.04 Å². The Morgan fingerprint density at radius 2 is 2.11 bits per heavy atom. The van der Waals surface area contributed by atoms with Gasteiger partial charge in [0.1, 0.15) is 0 Å². The molecule has 2 heteroatoms. The fourth-order valence-electron chi connectivity index (χ4n) is 3.89. The molecule has 1 aliphatic heterocycles. The third-order valence-corrected chi connectivity index (χ3v) is 5.42. The van der Waals surface area contributed by atoms with Gasteiger partial charge >= 0.3 is 0 Å². The summed E-state index contributed by atoms with van der Waals surface area (Å²) in [4.78, 5) is 2.64. The molecule has 0 spiro atoms. The van der Waals surface area contributed by atoms with Crippen LogP contribution in [0.4, 0.5) is 0 Å². The van der Waals surface area contributed by atoms with Crippen LogP contribution in [0, 0.1) is 5.92 Å². The van der Waals surface area contributed by atoms with Crippen molar-refractivity contribution >= 4 is 11.6 Å². The number of alkyl halides is 1. The molecule has 0 radical (unpaired) electrons. The third-order valence-electron chi connectivity index (χ3n) is 5.10. The van der Waals surface area contributed by atoms with Crippen molar-refractivity contribution in [2.45, 2.75) is 44.6 Å². The van der Waals surface area contributed by atoms with Crippen LogP contribution in [-0.2, 0) is 6.42 Å². The molecule has 19 heavy (non-hydrogen) atoms. The zero-order valence-electron chi connectivity index (χ0n) is 11.8. The molecule has 1 heterocycles. The Kier molecular flexibility index (Phi) is 4.14. The first-order valence-corrected chi connectivity index (χ1v) is 8.21. The zero-order chi connectivity index (χ0) is 13.2. The minimum Gasteiger partial charge on any atom is -0.298 e. The Labute approximate surface area is 121 Å². The van der Waals surface area contributed by atoms with Gasteiger partial charge in [-0.3, -0.25) is 4.90 Å². The lowest BCUT2D eigenvalue weighted by molar-refractivity contribution is 0.227. The van der Waals surface area contributed by atoms with Gasteiger partial charge in [0.05, 0.1) is 0 Å². The summed E-state index contributed by atoms with van der Waals surface area (Å²) in [7, 11) is 0. The molecule has 0 saturated carbocycles. The molecule has 104 valence electrons. The Hall–Kier alpha value is -0.530. The standard InChI is InChI=1S/C17H24ClN/c1-13-9-10-19(17(13)11-18)12-15-7-4-6-14-5-2-3-8-16(14)15/h2-3,5,8,13,15,17H,4,6-7,9-12H2,1H3. The molecule has 1 fully saturated rings. The van der Waals surface area contributed by atoms with E-state index in [1.165, 1.54) is 38.8 Å². The number of likely N-dealkylation sites (tertiary alicyclic amines) is 1. The molecule has 1 nitrogen and oxygen atoms in total. The summed E-state index contributed by atoms with van der Waals surface area (Å²) in [6, 6.07) is 9.63. The molecule has 3 atom stereocenters. The van der Waals surface area contributed by atoms with E-state index in [9.17, 15) is 0 Å². The van der Waals surface area contributed by atoms with Gasteiger partial charge in [-0.15, -0.1) is 11.6 Å². The van der Waals surface area contributed by atoms with Gasteiger partial charge in [0.25, 0.3) is 0 Å². The molecule has 0 aromatic heterocycles. The average Bonchev–Trinajstić information content (AvgIpc) is 2.79. The fraction of sp³-hybridized carbons (Fsp3) is 0.647. The number of nitrogens with zero attached hydrogens (tertiary/aromatic N) is 1. The second-order valence-electron chi connectivity index (χ2n) is 6.27. The normalized spacial score (nSPS) is 31.4. The van der Waals surface area contributed by atoms with Gasteiger partial charge in [-0.05, 0) is 55.2 Å². The predicted molar refractivity (Wildman–Crippen MR) is 82.0 cm³/mol. The SMILES string of the molecule is CC1CCN(CC2CCCc3ccccc32)C1CCl. The van der Waals surface area contributed by atoms with Crippen molar-refractivity contribution in [1.82, 2.24) is 4.90 Å². The maximum absolute atomic E-state index is 6.17. The Morgan fingerprint density at radius 3 is 2.95 bits per heavy atom. The molecule has 3 rings (SSSR count). The van der Waals surface area contributed by atoms with Gasteiger partial charge in [0, 0.05) is 18.5 Å². The van der Waals surface area contributed by atoms with E-state index >= 15 is 0 Å². The molecule has 0 amide bonds. The van der Waals surface area contributed by atoms with E-state index in [-0.39, 0.29) is 0 Å². The highest BCUT2D eigenvalue weighted by atomic mass is 35.5. The molecule has 2 aliphatic rings. The van der Waals surface area contributed by atoms with E-state index in [0.717, 1.165) is 17.7 Å². The van der Waals surface area contributed by atoms with Crippen molar-refractivity contribution in [3.63, 3.8) is 0 Å². The van der Waals surface area contributed by atoms with Gasteiger partial charge in [-0.2, -0.15) is 0 Å². The molecule has 1 aromatic carbocycles. The van der Waals surface area contributed by atoms with Crippen LogP contribution in [0.25, 0.3) is 0 Å². The van der Waals surface area contributed by atoms with Crippen LogP contribution in [0.1, 0.15) is 43.2 Å². The maximum atomic E-state index is 6.17. The van der Waals surface area contributed by atoms with Crippen LogP contribution >= 0.6 is 11.6 Å².